The van der Waals surface area contributed by atoms with Crippen molar-refractivity contribution in [2.75, 3.05) is 19.0 Å². The number of amides is 2. The Balaban J connectivity index is 1.58. The molecule has 9 heteroatoms. The smallest absolute Gasteiger partial charge is 0.418 e. The molecule has 1 atom stereocenters. The molecule has 2 heterocycles. The van der Waals surface area contributed by atoms with Gasteiger partial charge in [0.25, 0.3) is 0 Å². The van der Waals surface area contributed by atoms with Gasteiger partial charge in [-0.15, -0.1) is 0 Å². The average Bonchev–Trinajstić information content (AvgIpc) is 3.21. The average molecular weight is 483 g/mol. The molecule has 35 heavy (non-hydrogen) atoms. The van der Waals surface area contributed by atoms with Crippen LogP contribution >= 0.6 is 0 Å². The van der Waals surface area contributed by atoms with Gasteiger partial charge < -0.3 is 19.9 Å². The van der Waals surface area contributed by atoms with Gasteiger partial charge in [0.2, 0.25) is 0 Å². The largest absolute Gasteiger partial charge is 0.497 e. The summed E-state index contributed by atoms with van der Waals surface area (Å²) in [4.78, 5) is 18.2. The molecule has 3 aromatic carbocycles. The predicted octanol–water partition coefficient (Wildman–Crippen LogP) is 6.51. The number of alkyl halides is 3. The molecule has 0 radical (unpaired) electrons. The maximum absolute atomic E-state index is 13.7. The molecule has 1 aromatic heterocycles. The van der Waals surface area contributed by atoms with Crippen LogP contribution in [0.25, 0.3) is 10.9 Å². The minimum atomic E-state index is -4.62. The highest BCUT2D eigenvalue weighted by atomic mass is 19.4. The number of carbonyl (C=O) groups is 1. The second kappa shape index (κ2) is 8.65. The second-order valence-electron chi connectivity index (χ2n) is 8.30. The third kappa shape index (κ3) is 4.18. The Hall–Kier alpha value is -4.01. The van der Waals surface area contributed by atoms with Gasteiger partial charge in [-0.1, -0.05) is 24.3 Å². The number of ether oxygens (including phenoxy) is 1. The monoisotopic (exact) mass is 483 g/mol. The first kappa shape index (κ1) is 22.8. The van der Waals surface area contributed by atoms with E-state index in [0.29, 0.717) is 17.7 Å². The number of fused-ring (bicyclic) bond motifs is 3. The first-order valence-corrected chi connectivity index (χ1v) is 10.9. The minimum absolute atomic E-state index is 0.249. The molecule has 0 fully saturated rings. The molecule has 1 unspecified atom stereocenters. The molecule has 5 rings (SSSR count). The van der Waals surface area contributed by atoms with E-state index in [-0.39, 0.29) is 12.2 Å². The van der Waals surface area contributed by atoms with E-state index in [2.05, 4.69) is 10.3 Å². The zero-order chi connectivity index (χ0) is 24.7. The van der Waals surface area contributed by atoms with Gasteiger partial charge >= 0.3 is 12.2 Å². The van der Waals surface area contributed by atoms with Crippen LogP contribution in [0, 0.1) is 5.82 Å². The lowest BCUT2D eigenvalue weighted by atomic mass is 9.92. The van der Waals surface area contributed by atoms with Crippen molar-refractivity contribution < 1.29 is 27.1 Å². The molecule has 0 bridgehead atoms. The van der Waals surface area contributed by atoms with Crippen LogP contribution in [0.15, 0.2) is 66.7 Å². The third-order valence-corrected chi connectivity index (χ3v) is 6.25. The Morgan fingerprint density at radius 3 is 2.54 bits per heavy atom. The summed E-state index contributed by atoms with van der Waals surface area (Å²) in [5.41, 5.74) is 1.92. The predicted molar refractivity (Wildman–Crippen MR) is 124 cm³/mol. The molecule has 0 aliphatic carbocycles. The number of halogens is 4. The topological polar surface area (TPSA) is 57.4 Å². The molecule has 0 saturated heterocycles. The maximum Gasteiger partial charge on any atom is 0.418 e. The number of methoxy groups -OCH3 is 1. The number of aromatic nitrogens is 1. The Labute approximate surface area is 198 Å². The van der Waals surface area contributed by atoms with Gasteiger partial charge in [0.05, 0.1) is 24.4 Å². The summed E-state index contributed by atoms with van der Waals surface area (Å²) < 4.78 is 59.5. The number of anilines is 1. The molecular formula is C26H21F4N3O2. The number of benzene rings is 3. The number of hydrogen-bond acceptors (Lipinski definition) is 2. The molecule has 0 spiro atoms. The van der Waals surface area contributed by atoms with Crippen LogP contribution in [0.2, 0.25) is 0 Å². The van der Waals surface area contributed by atoms with Gasteiger partial charge in [0.1, 0.15) is 11.6 Å². The number of nitrogens with one attached hydrogen (secondary N) is 2. The molecular weight excluding hydrogens is 462 g/mol. The summed E-state index contributed by atoms with van der Waals surface area (Å²) in [6, 6.07) is 14.8. The van der Waals surface area contributed by atoms with Gasteiger partial charge in [-0.25, -0.2) is 9.18 Å². The number of para-hydroxylation sites is 1. The molecule has 0 saturated carbocycles. The van der Waals surface area contributed by atoms with E-state index in [1.807, 2.05) is 18.2 Å². The number of H-pyrrole nitrogens is 1. The Kier molecular flexibility index (Phi) is 5.62. The summed E-state index contributed by atoms with van der Waals surface area (Å²) in [7, 11) is 1.58. The first-order chi connectivity index (χ1) is 16.8. The van der Waals surface area contributed by atoms with Crippen molar-refractivity contribution >= 4 is 22.6 Å². The van der Waals surface area contributed by atoms with Crippen molar-refractivity contribution in [1.82, 2.24) is 9.88 Å². The van der Waals surface area contributed by atoms with Crippen molar-refractivity contribution in [3.05, 3.63) is 94.9 Å². The molecule has 2 N–H and O–H groups in total. The highest BCUT2D eigenvalue weighted by molar-refractivity contribution is 5.92. The SMILES string of the molecule is COc1ccc2[nH]c3c(c2c1)CCN(C(=O)Nc1ccccc1C(F)(F)F)C3c1ccc(F)cc1. The lowest BCUT2D eigenvalue weighted by molar-refractivity contribution is -0.136. The van der Waals surface area contributed by atoms with E-state index in [9.17, 15) is 22.4 Å². The van der Waals surface area contributed by atoms with Crippen molar-refractivity contribution in [1.29, 1.82) is 0 Å². The van der Waals surface area contributed by atoms with E-state index >= 15 is 0 Å². The lowest BCUT2D eigenvalue weighted by Gasteiger charge is -2.36. The number of urea groups is 1. The van der Waals surface area contributed by atoms with E-state index < -0.39 is 29.6 Å². The van der Waals surface area contributed by atoms with Crippen molar-refractivity contribution in [2.45, 2.75) is 18.6 Å². The Morgan fingerprint density at radius 1 is 1.09 bits per heavy atom. The lowest BCUT2D eigenvalue weighted by Crippen LogP contribution is -2.43. The highest BCUT2D eigenvalue weighted by Crippen LogP contribution is 2.40. The van der Waals surface area contributed by atoms with Gasteiger partial charge in [-0.3, -0.25) is 0 Å². The van der Waals surface area contributed by atoms with E-state index in [4.69, 9.17) is 4.74 Å². The zero-order valence-electron chi connectivity index (χ0n) is 18.6. The van der Waals surface area contributed by atoms with Crippen LogP contribution < -0.4 is 10.1 Å². The molecule has 1 aliphatic heterocycles. The molecule has 180 valence electrons. The second-order valence-corrected chi connectivity index (χ2v) is 8.30. The zero-order valence-corrected chi connectivity index (χ0v) is 18.6. The summed E-state index contributed by atoms with van der Waals surface area (Å²) in [6.07, 6.45) is -4.14. The number of hydrogen-bond donors (Lipinski definition) is 2. The van der Waals surface area contributed by atoms with Crippen LogP contribution in [-0.2, 0) is 12.6 Å². The van der Waals surface area contributed by atoms with Crippen LogP contribution in [0.1, 0.15) is 28.4 Å². The highest BCUT2D eigenvalue weighted by Gasteiger charge is 2.37. The van der Waals surface area contributed by atoms with Crippen molar-refractivity contribution in [2.24, 2.45) is 0 Å². The summed E-state index contributed by atoms with van der Waals surface area (Å²) in [6.45, 7) is 0.249. The maximum atomic E-state index is 13.7. The number of carbonyl (C=O) groups excluding carboxylic acids is 1. The van der Waals surface area contributed by atoms with E-state index in [1.165, 1.54) is 35.2 Å². The molecule has 1 aliphatic rings. The van der Waals surface area contributed by atoms with Gasteiger partial charge in [-0.2, -0.15) is 13.2 Å². The summed E-state index contributed by atoms with van der Waals surface area (Å²) >= 11 is 0. The van der Waals surface area contributed by atoms with Crippen molar-refractivity contribution in [3.63, 3.8) is 0 Å². The summed E-state index contributed by atoms with van der Waals surface area (Å²) in [5, 5.41) is 3.38. The van der Waals surface area contributed by atoms with Gasteiger partial charge in [0.15, 0.2) is 0 Å². The minimum Gasteiger partial charge on any atom is -0.497 e. The van der Waals surface area contributed by atoms with Crippen LogP contribution in [0.5, 0.6) is 5.75 Å². The molecule has 5 nitrogen and oxygen atoms in total. The molecule has 4 aromatic rings. The Morgan fingerprint density at radius 2 is 1.83 bits per heavy atom. The first-order valence-electron chi connectivity index (χ1n) is 10.9. The quantitative estimate of drug-likeness (QED) is 0.326. The van der Waals surface area contributed by atoms with Crippen LogP contribution in [0.4, 0.5) is 28.0 Å². The van der Waals surface area contributed by atoms with E-state index in [1.54, 1.807) is 19.2 Å². The van der Waals surface area contributed by atoms with Gasteiger partial charge in [-0.05, 0) is 60.0 Å². The fourth-order valence-electron chi connectivity index (χ4n) is 4.63. The fraction of sp³-hybridized carbons (Fsp3) is 0.192. The normalized spacial score (nSPS) is 15.7. The number of rotatable bonds is 3. The third-order valence-electron chi connectivity index (χ3n) is 6.25. The standard InChI is InChI=1S/C26H21F4N3O2/c1-35-17-10-11-21-19(14-17)18-12-13-33(24(23(18)31-21)15-6-8-16(27)9-7-15)25(34)32-22-5-3-2-4-20(22)26(28,29)30/h2-11,14,24,31H,12-13H2,1H3,(H,32,34). The number of nitrogens with zero attached hydrogens (tertiary/aromatic N) is 1. The summed E-state index contributed by atoms with van der Waals surface area (Å²) in [5.74, 6) is 0.253. The Bertz CT molecular complexity index is 1400. The van der Waals surface area contributed by atoms with Crippen LogP contribution in [0.3, 0.4) is 0 Å². The van der Waals surface area contributed by atoms with E-state index in [0.717, 1.165) is 28.2 Å². The number of aromatic amines is 1. The van der Waals surface area contributed by atoms with Crippen molar-refractivity contribution in [3.8, 4) is 5.75 Å². The fourth-order valence-corrected chi connectivity index (χ4v) is 4.63. The van der Waals surface area contributed by atoms with Crippen LogP contribution in [-0.4, -0.2) is 29.6 Å². The molecule has 2 amide bonds. The van der Waals surface area contributed by atoms with Gasteiger partial charge in [0, 0.05) is 23.1 Å².